The van der Waals surface area contributed by atoms with Crippen molar-refractivity contribution in [1.29, 1.82) is 0 Å². The summed E-state index contributed by atoms with van der Waals surface area (Å²) in [5.74, 6) is -3.49. The Morgan fingerprint density at radius 1 is 1.09 bits per heavy atom. The van der Waals surface area contributed by atoms with Gasteiger partial charge in [-0.3, -0.25) is 4.79 Å². The summed E-state index contributed by atoms with van der Waals surface area (Å²) in [6.45, 7) is 0.261. The van der Waals surface area contributed by atoms with E-state index in [9.17, 15) is 32.3 Å². The molecule has 1 aromatic rings. The highest BCUT2D eigenvalue weighted by Gasteiger charge is 2.40. The first-order valence-electron chi connectivity index (χ1n) is 10.9. The van der Waals surface area contributed by atoms with E-state index in [1.807, 2.05) is 0 Å². The molecule has 1 saturated heterocycles. The zero-order valence-electron chi connectivity index (χ0n) is 17.5. The largest absolute Gasteiger partial charge is 0.480 e. The lowest BCUT2D eigenvalue weighted by Gasteiger charge is -2.25. The molecule has 1 N–H and O–H groups in total. The van der Waals surface area contributed by atoms with Crippen molar-refractivity contribution in [3.8, 4) is 5.75 Å². The third kappa shape index (κ3) is 4.76. The van der Waals surface area contributed by atoms with Crippen LogP contribution in [0.1, 0.15) is 73.2 Å². The van der Waals surface area contributed by atoms with Crippen molar-refractivity contribution in [2.75, 3.05) is 6.54 Å². The number of benzene rings is 1. The summed E-state index contributed by atoms with van der Waals surface area (Å²) in [6, 6.07) is 1.62. The van der Waals surface area contributed by atoms with Crippen LogP contribution >= 0.6 is 0 Å². The fraction of sp³-hybridized carbons (Fsp3) is 0.565. The van der Waals surface area contributed by atoms with Gasteiger partial charge in [0, 0.05) is 12.6 Å². The van der Waals surface area contributed by atoms with Crippen LogP contribution < -0.4 is 4.74 Å². The van der Waals surface area contributed by atoms with Crippen molar-refractivity contribution < 1.29 is 37.0 Å². The van der Waals surface area contributed by atoms with Crippen LogP contribution in [-0.2, 0) is 4.79 Å². The summed E-state index contributed by atoms with van der Waals surface area (Å²) in [5.41, 5.74) is 1.24. The van der Waals surface area contributed by atoms with E-state index >= 15 is 0 Å². The van der Waals surface area contributed by atoms with Crippen LogP contribution in [0, 0.1) is 11.7 Å². The van der Waals surface area contributed by atoms with E-state index in [0.29, 0.717) is 18.4 Å². The number of carbonyl (C=O) groups is 2. The lowest BCUT2D eigenvalue weighted by Crippen LogP contribution is -2.40. The number of amides is 1. The van der Waals surface area contributed by atoms with Crippen LogP contribution in [0.5, 0.6) is 5.75 Å². The molecular weight excluding hydrogens is 430 g/mol. The van der Waals surface area contributed by atoms with E-state index in [0.717, 1.165) is 24.5 Å². The van der Waals surface area contributed by atoms with Crippen molar-refractivity contribution in [1.82, 2.24) is 4.90 Å². The molecule has 1 aliphatic heterocycles. The van der Waals surface area contributed by atoms with Crippen molar-refractivity contribution in [3.63, 3.8) is 0 Å². The molecule has 0 bridgehead atoms. The lowest BCUT2D eigenvalue weighted by molar-refractivity contribution is -0.179. The summed E-state index contributed by atoms with van der Waals surface area (Å²) < 4.78 is 59.1. The van der Waals surface area contributed by atoms with Gasteiger partial charge < -0.3 is 14.7 Å². The highest BCUT2D eigenvalue weighted by Crippen LogP contribution is 2.46. The van der Waals surface area contributed by atoms with Crippen molar-refractivity contribution in [3.05, 3.63) is 40.9 Å². The van der Waals surface area contributed by atoms with Crippen LogP contribution in [0.3, 0.4) is 0 Å². The van der Waals surface area contributed by atoms with Crippen LogP contribution in [-0.4, -0.2) is 40.6 Å². The van der Waals surface area contributed by atoms with Crippen LogP contribution in [0.4, 0.5) is 17.6 Å². The van der Waals surface area contributed by atoms with Gasteiger partial charge in [-0.25, -0.2) is 9.18 Å². The van der Waals surface area contributed by atoms with Gasteiger partial charge in [0.1, 0.15) is 17.6 Å². The maximum atomic E-state index is 14.9. The van der Waals surface area contributed by atoms with Crippen LogP contribution in [0.2, 0.25) is 0 Å². The van der Waals surface area contributed by atoms with Gasteiger partial charge >= 0.3 is 12.1 Å². The number of aliphatic carboxylic acids is 1. The second-order valence-electron chi connectivity index (χ2n) is 8.85. The second-order valence-corrected chi connectivity index (χ2v) is 8.85. The lowest BCUT2D eigenvalue weighted by atomic mass is 9.86. The van der Waals surface area contributed by atoms with Gasteiger partial charge in [-0.15, -0.1) is 0 Å². The molecule has 0 radical (unpaired) electrons. The number of allylic oxidation sites excluding steroid dienone is 1. The van der Waals surface area contributed by atoms with Gasteiger partial charge in [0.15, 0.2) is 0 Å². The molecule has 5 nitrogen and oxygen atoms in total. The molecule has 1 aromatic carbocycles. The first-order chi connectivity index (χ1) is 15.1. The van der Waals surface area contributed by atoms with Crippen molar-refractivity contribution >= 4 is 11.9 Å². The van der Waals surface area contributed by atoms with Gasteiger partial charge in [-0.2, -0.15) is 13.2 Å². The smallest absolute Gasteiger partial charge is 0.391 e. The summed E-state index contributed by atoms with van der Waals surface area (Å²) in [7, 11) is 0. The normalized spacial score (nSPS) is 23.9. The Balaban J connectivity index is 1.52. The predicted molar refractivity (Wildman–Crippen MR) is 107 cm³/mol. The molecule has 1 amide bonds. The SMILES string of the molecule is O=C(O)C1CCCN1C(=O)c1cc(C2CC2)c(OC=C2CCC(C(F)(F)F)CC2)cc1F. The van der Waals surface area contributed by atoms with E-state index in [1.165, 1.54) is 17.2 Å². The quantitative estimate of drug-likeness (QED) is 0.476. The predicted octanol–water partition coefficient (Wildman–Crippen LogP) is 5.41. The van der Waals surface area contributed by atoms with E-state index in [2.05, 4.69) is 0 Å². The fourth-order valence-corrected chi connectivity index (χ4v) is 4.55. The molecule has 2 saturated carbocycles. The molecule has 32 heavy (non-hydrogen) atoms. The molecule has 9 heteroatoms. The van der Waals surface area contributed by atoms with E-state index in [4.69, 9.17) is 4.74 Å². The zero-order chi connectivity index (χ0) is 23.0. The molecule has 3 aliphatic rings. The molecule has 4 rings (SSSR count). The number of hydrogen-bond acceptors (Lipinski definition) is 3. The Kier molecular flexibility index (Phi) is 6.18. The maximum absolute atomic E-state index is 14.9. The summed E-state index contributed by atoms with van der Waals surface area (Å²) in [6.07, 6.45) is 0.392. The van der Waals surface area contributed by atoms with Crippen LogP contribution in [0.15, 0.2) is 24.0 Å². The van der Waals surface area contributed by atoms with Gasteiger partial charge in [0.2, 0.25) is 0 Å². The Labute approximate surface area is 183 Å². The van der Waals surface area contributed by atoms with Gasteiger partial charge in [-0.1, -0.05) is 0 Å². The molecule has 0 spiro atoms. The number of ether oxygens (including phenoxy) is 1. The number of hydrogen-bond donors (Lipinski definition) is 1. The summed E-state index contributed by atoms with van der Waals surface area (Å²) >= 11 is 0. The maximum Gasteiger partial charge on any atom is 0.391 e. The Morgan fingerprint density at radius 3 is 2.38 bits per heavy atom. The minimum atomic E-state index is -4.19. The van der Waals surface area contributed by atoms with Gasteiger partial charge in [0.25, 0.3) is 5.91 Å². The van der Waals surface area contributed by atoms with E-state index < -0.39 is 35.8 Å². The molecule has 1 unspecified atom stereocenters. The summed E-state index contributed by atoms with van der Waals surface area (Å²) in [5, 5.41) is 9.32. The average Bonchev–Trinajstić information content (AvgIpc) is 3.46. The number of carboxylic acids is 1. The minimum absolute atomic E-state index is 0.0105. The monoisotopic (exact) mass is 455 g/mol. The molecule has 0 aromatic heterocycles. The number of carbonyl (C=O) groups excluding carboxylic acids is 1. The number of nitrogens with zero attached hydrogens (tertiary/aromatic N) is 1. The van der Waals surface area contributed by atoms with E-state index in [-0.39, 0.29) is 49.5 Å². The van der Waals surface area contributed by atoms with E-state index in [1.54, 1.807) is 0 Å². The number of alkyl halides is 3. The van der Waals surface area contributed by atoms with Crippen LogP contribution in [0.25, 0.3) is 0 Å². The van der Waals surface area contributed by atoms with Crippen molar-refractivity contribution in [2.24, 2.45) is 5.92 Å². The highest BCUT2D eigenvalue weighted by atomic mass is 19.4. The zero-order valence-corrected chi connectivity index (χ0v) is 17.5. The Bertz CT molecular complexity index is 929. The molecule has 174 valence electrons. The number of rotatable bonds is 5. The first kappa shape index (κ1) is 22.6. The topological polar surface area (TPSA) is 66.8 Å². The highest BCUT2D eigenvalue weighted by molar-refractivity contribution is 5.97. The average molecular weight is 455 g/mol. The Hall–Kier alpha value is -2.58. The first-order valence-corrected chi connectivity index (χ1v) is 10.9. The number of halogens is 4. The second kappa shape index (κ2) is 8.75. The molecule has 3 fully saturated rings. The van der Waals surface area contributed by atoms with Gasteiger partial charge in [0.05, 0.1) is 17.7 Å². The fourth-order valence-electron chi connectivity index (χ4n) is 4.55. The van der Waals surface area contributed by atoms with Gasteiger partial charge in [-0.05, 0) is 74.5 Å². The molecule has 1 atom stereocenters. The molecular formula is C23H25F4NO4. The molecule has 1 heterocycles. The summed E-state index contributed by atoms with van der Waals surface area (Å²) in [4.78, 5) is 25.5. The third-order valence-corrected chi connectivity index (χ3v) is 6.59. The number of carboxylic acid groups (broad SMARTS) is 1. The third-order valence-electron chi connectivity index (χ3n) is 6.59. The number of likely N-dealkylation sites (tertiary alicyclic amines) is 1. The minimum Gasteiger partial charge on any atom is -0.480 e. The van der Waals surface area contributed by atoms with Crippen molar-refractivity contribution in [2.45, 2.75) is 69.5 Å². The molecule has 2 aliphatic carbocycles. The Morgan fingerprint density at radius 2 is 1.78 bits per heavy atom. The standard InChI is InChI=1S/C23H25F4NO4/c24-18-11-20(32-12-13-3-7-15(8-4-13)23(25,26)27)16(14-5-6-14)10-17(18)21(29)28-9-1-2-19(28)22(30)31/h10-12,14-15,19H,1-9H2,(H,30,31).